The van der Waals surface area contributed by atoms with Crippen molar-refractivity contribution in [3.8, 4) is 0 Å². The van der Waals surface area contributed by atoms with E-state index < -0.39 is 0 Å². The van der Waals surface area contributed by atoms with Gasteiger partial charge < -0.3 is 15.4 Å². The average molecular weight is 254 g/mol. The van der Waals surface area contributed by atoms with E-state index in [1.54, 1.807) is 0 Å². The fourth-order valence-corrected chi connectivity index (χ4v) is 3.00. The number of nitrogens with zero attached hydrogens (tertiary/aromatic N) is 1. The SMILES string of the molecule is NCCC1CCN(C(=O)CC2CCCCO2)CC1. The summed E-state index contributed by atoms with van der Waals surface area (Å²) in [5.74, 6) is 1.01. The molecule has 18 heavy (non-hydrogen) atoms. The molecule has 2 aliphatic rings. The molecule has 0 saturated carbocycles. The lowest BCUT2D eigenvalue weighted by atomic mass is 9.93. The maximum absolute atomic E-state index is 12.2. The lowest BCUT2D eigenvalue weighted by molar-refractivity contribution is -0.136. The summed E-state index contributed by atoms with van der Waals surface area (Å²) in [4.78, 5) is 14.2. The number of nitrogens with two attached hydrogens (primary N) is 1. The third kappa shape index (κ3) is 3.95. The highest BCUT2D eigenvalue weighted by atomic mass is 16.5. The van der Waals surface area contributed by atoms with Gasteiger partial charge in [-0.2, -0.15) is 0 Å². The molecule has 2 fully saturated rings. The topological polar surface area (TPSA) is 55.6 Å². The van der Waals surface area contributed by atoms with Gasteiger partial charge in [0.15, 0.2) is 0 Å². The highest BCUT2D eigenvalue weighted by Gasteiger charge is 2.25. The van der Waals surface area contributed by atoms with Gasteiger partial charge in [-0.25, -0.2) is 0 Å². The molecule has 2 N–H and O–H groups in total. The van der Waals surface area contributed by atoms with Crippen molar-refractivity contribution in [1.29, 1.82) is 0 Å². The molecule has 4 heteroatoms. The maximum atomic E-state index is 12.2. The molecule has 0 aromatic heterocycles. The molecule has 2 aliphatic heterocycles. The van der Waals surface area contributed by atoms with Gasteiger partial charge in [0, 0.05) is 19.7 Å². The van der Waals surface area contributed by atoms with Gasteiger partial charge in [-0.15, -0.1) is 0 Å². The van der Waals surface area contributed by atoms with Crippen molar-refractivity contribution in [2.75, 3.05) is 26.2 Å². The van der Waals surface area contributed by atoms with Crippen molar-refractivity contribution in [3.63, 3.8) is 0 Å². The zero-order valence-electron chi connectivity index (χ0n) is 11.3. The van der Waals surface area contributed by atoms with Crippen molar-refractivity contribution >= 4 is 5.91 Å². The summed E-state index contributed by atoms with van der Waals surface area (Å²) in [6.07, 6.45) is 7.51. The first-order valence-electron chi connectivity index (χ1n) is 7.39. The third-order valence-corrected chi connectivity index (χ3v) is 4.22. The summed E-state index contributed by atoms with van der Waals surface area (Å²) in [5.41, 5.74) is 5.58. The number of piperidine rings is 1. The van der Waals surface area contributed by atoms with Crippen LogP contribution >= 0.6 is 0 Å². The molecule has 0 radical (unpaired) electrons. The molecule has 0 spiro atoms. The van der Waals surface area contributed by atoms with Crippen LogP contribution in [0.3, 0.4) is 0 Å². The standard InChI is InChI=1S/C14H26N2O2/c15-7-4-12-5-8-16(9-6-12)14(17)11-13-3-1-2-10-18-13/h12-13H,1-11,15H2. The second kappa shape index (κ2) is 7.10. The van der Waals surface area contributed by atoms with Crippen LogP contribution in [0.25, 0.3) is 0 Å². The van der Waals surface area contributed by atoms with E-state index in [-0.39, 0.29) is 12.0 Å². The van der Waals surface area contributed by atoms with Crippen molar-refractivity contribution in [3.05, 3.63) is 0 Å². The van der Waals surface area contributed by atoms with Crippen LogP contribution in [0.15, 0.2) is 0 Å². The number of hydrogen-bond donors (Lipinski definition) is 1. The molecule has 1 atom stereocenters. The van der Waals surface area contributed by atoms with Crippen LogP contribution in [0.5, 0.6) is 0 Å². The van der Waals surface area contributed by atoms with Gasteiger partial charge in [-0.05, 0) is 51.0 Å². The quantitative estimate of drug-likeness (QED) is 0.828. The number of rotatable bonds is 4. The highest BCUT2D eigenvalue weighted by molar-refractivity contribution is 5.76. The minimum atomic E-state index is 0.174. The zero-order chi connectivity index (χ0) is 12.8. The second-order valence-corrected chi connectivity index (χ2v) is 5.59. The monoisotopic (exact) mass is 254 g/mol. The number of carbonyl (C=O) groups excluding carboxylic acids is 1. The van der Waals surface area contributed by atoms with Gasteiger partial charge in [0.05, 0.1) is 12.5 Å². The molecule has 1 amide bonds. The van der Waals surface area contributed by atoms with E-state index in [2.05, 4.69) is 0 Å². The largest absolute Gasteiger partial charge is 0.378 e. The molecule has 104 valence electrons. The predicted molar refractivity (Wildman–Crippen MR) is 71.2 cm³/mol. The molecule has 0 aromatic carbocycles. The van der Waals surface area contributed by atoms with Crippen LogP contribution in [0.2, 0.25) is 0 Å². The number of hydrogen-bond acceptors (Lipinski definition) is 3. The zero-order valence-corrected chi connectivity index (χ0v) is 11.3. The van der Waals surface area contributed by atoms with E-state index in [1.165, 1.54) is 6.42 Å². The Balaban J connectivity index is 1.70. The van der Waals surface area contributed by atoms with Crippen LogP contribution in [-0.4, -0.2) is 43.2 Å². The molecule has 0 aliphatic carbocycles. The molecular weight excluding hydrogens is 228 g/mol. The average Bonchev–Trinajstić information content (AvgIpc) is 2.41. The Morgan fingerprint density at radius 2 is 2.00 bits per heavy atom. The van der Waals surface area contributed by atoms with Gasteiger partial charge in [-0.3, -0.25) is 4.79 Å². The Labute approximate surface area is 110 Å². The predicted octanol–water partition coefficient (Wildman–Crippen LogP) is 1.53. The Hall–Kier alpha value is -0.610. The van der Waals surface area contributed by atoms with E-state index in [0.717, 1.165) is 64.3 Å². The van der Waals surface area contributed by atoms with Gasteiger partial charge in [0.25, 0.3) is 0 Å². The molecule has 1 unspecified atom stereocenters. The van der Waals surface area contributed by atoms with Gasteiger partial charge in [0.1, 0.15) is 0 Å². The number of amides is 1. The number of carbonyl (C=O) groups is 1. The first-order chi connectivity index (χ1) is 8.79. The Morgan fingerprint density at radius 1 is 1.22 bits per heavy atom. The second-order valence-electron chi connectivity index (χ2n) is 5.59. The molecule has 2 saturated heterocycles. The van der Waals surface area contributed by atoms with E-state index in [9.17, 15) is 4.79 Å². The first-order valence-corrected chi connectivity index (χ1v) is 7.39. The molecule has 4 nitrogen and oxygen atoms in total. The van der Waals surface area contributed by atoms with Crippen molar-refractivity contribution in [2.45, 2.75) is 51.0 Å². The van der Waals surface area contributed by atoms with Crippen LogP contribution in [-0.2, 0) is 9.53 Å². The Bertz CT molecular complexity index is 257. The summed E-state index contributed by atoms with van der Waals surface area (Å²) in [7, 11) is 0. The fourth-order valence-electron chi connectivity index (χ4n) is 3.00. The van der Waals surface area contributed by atoms with Crippen molar-refractivity contribution in [2.24, 2.45) is 11.7 Å². The smallest absolute Gasteiger partial charge is 0.225 e. The summed E-state index contributed by atoms with van der Waals surface area (Å²) in [6, 6.07) is 0. The molecule has 0 aromatic rings. The minimum absolute atomic E-state index is 0.174. The van der Waals surface area contributed by atoms with Crippen LogP contribution < -0.4 is 5.73 Å². The Kier molecular flexibility index (Phi) is 5.45. The van der Waals surface area contributed by atoms with Crippen molar-refractivity contribution in [1.82, 2.24) is 4.90 Å². The van der Waals surface area contributed by atoms with Gasteiger partial charge >= 0.3 is 0 Å². The van der Waals surface area contributed by atoms with Crippen LogP contribution in [0.4, 0.5) is 0 Å². The van der Waals surface area contributed by atoms with E-state index in [4.69, 9.17) is 10.5 Å². The third-order valence-electron chi connectivity index (χ3n) is 4.22. The summed E-state index contributed by atoms with van der Waals surface area (Å²) < 4.78 is 5.64. The number of ether oxygens (including phenoxy) is 1. The van der Waals surface area contributed by atoms with Gasteiger partial charge in [0.2, 0.25) is 5.91 Å². The summed E-state index contributed by atoms with van der Waals surface area (Å²) >= 11 is 0. The normalized spacial score (nSPS) is 26.3. The minimum Gasteiger partial charge on any atom is -0.378 e. The van der Waals surface area contributed by atoms with Crippen LogP contribution in [0.1, 0.15) is 44.9 Å². The maximum Gasteiger partial charge on any atom is 0.225 e. The van der Waals surface area contributed by atoms with Crippen LogP contribution in [0, 0.1) is 5.92 Å². The van der Waals surface area contributed by atoms with Crippen molar-refractivity contribution < 1.29 is 9.53 Å². The molecule has 2 rings (SSSR count). The number of likely N-dealkylation sites (tertiary alicyclic amines) is 1. The summed E-state index contributed by atoms with van der Waals surface area (Å²) in [6.45, 7) is 3.43. The molecule has 0 bridgehead atoms. The Morgan fingerprint density at radius 3 is 2.61 bits per heavy atom. The first kappa shape index (κ1) is 13.8. The fraction of sp³-hybridized carbons (Fsp3) is 0.929. The lowest BCUT2D eigenvalue weighted by Crippen LogP contribution is -2.40. The summed E-state index contributed by atoms with van der Waals surface area (Å²) in [5, 5.41) is 0. The van der Waals surface area contributed by atoms with E-state index >= 15 is 0 Å². The molecular formula is C14H26N2O2. The van der Waals surface area contributed by atoms with E-state index in [0.29, 0.717) is 6.42 Å². The molecule has 2 heterocycles. The highest BCUT2D eigenvalue weighted by Crippen LogP contribution is 2.22. The van der Waals surface area contributed by atoms with Gasteiger partial charge in [-0.1, -0.05) is 0 Å². The van der Waals surface area contributed by atoms with E-state index in [1.807, 2.05) is 4.90 Å². The lowest BCUT2D eigenvalue weighted by Gasteiger charge is -2.33.